The summed E-state index contributed by atoms with van der Waals surface area (Å²) in [5.74, 6) is 1.15. The van der Waals surface area contributed by atoms with E-state index in [1.165, 1.54) is 6.42 Å². The first kappa shape index (κ1) is 10.7. The summed E-state index contributed by atoms with van der Waals surface area (Å²) < 4.78 is 5.16. The number of hydrogen-bond acceptors (Lipinski definition) is 5. The molecule has 1 fully saturated rings. The maximum atomic E-state index is 11.7. The van der Waals surface area contributed by atoms with Crippen LogP contribution in [0, 0.1) is 0 Å². The molecule has 1 atom stereocenters. The van der Waals surface area contributed by atoms with Crippen LogP contribution in [0.15, 0.2) is 33.5 Å². The minimum absolute atomic E-state index is 0.312. The zero-order valence-electron chi connectivity index (χ0n) is 9.18. The number of hydrogen-bond donors (Lipinski definition) is 1. The van der Waals surface area contributed by atoms with E-state index in [0.717, 1.165) is 12.2 Å². The van der Waals surface area contributed by atoms with E-state index in [0.29, 0.717) is 22.3 Å². The number of nitrogens with zero attached hydrogens (tertiary/aromatic N) is 1. The minimum atomic E-state index is -0.332. The Morgan fingerprint density at radius 1 is 1.41 bits per heavy atom. The molecule has 0 bridgehead atoms. The lowest BCUT2D eigenvalue weighted by Gasteiger charge is -2.10. The summed E-state index contributed by atoms with van der Waals surface area (Å²) in [6, 6.07) is 7.54. The van der Waals surface area contributed by atoms with Gasteiger partial charge in [0.2, 0.25) is 0 Å². The second-order valence-electron chi connectivity index (χ2n) is 3.97. The fourth-order valence-electron chi connectivity index (χ4n) is 1.91. The highest BCUT2D eigenvalue weighted by Crippen LogP contribution is 2.26. The Morgan fingerprint density at radius 2 is 2.29 bits per heavy atom. The first-order chi connectivity index (χ1) is 8.33. The fourth-order valence-corrected chi connectivity index (χ4v) is 3.05. The molecule has 2 heterocycles. The molecule has 1 aromatic heterocycles. The van der Waals surface area contributed by atoms with Crippen molar-refractivity contribution >= 4 is 28.7 Å². The van der Waals surface area contributed by atoms with Gasteiger partial charge in [-0.1, -0.05) is 12.1 Å². The van der Waals surface area contributed by atoms with Crippen molar-refractivity contribution in [1.29, 1.82) is 0 Å². The van der Waals surface area contributed by atoms with Crippen LogP contribution in [-0.4, -0.2) is 16.1 Å². The SMILES string of the molecule is O=c1oc(NC2CCCS2)nc2ccccc12. The van der Waals surface area contributed by atoms with E-state index in [1.807, 2.05) is 23.9 Å². The number of para-hydroxylation sites is 1. The van der Waals surface area contributed by atoms with Crippen LogP contribution in [0.5, 0.6) is 0 Å². The maximum Gasteiger partial charge on any atom is 0.348 e. The van der Waals surface area contributed by atoms with Crippen LogP contribution in [-0.2, 0) is 0 Å². The normalized spacial score (nSPS) is 19.6. The van der Waals surface area contributed by atoms with Crippen LogP contribution in [0.3, 0.4) is 0 Å². The second kappa shape index (κ2) is 4.41. The number of nitrogens with one attached hydrogen (secondary N) is 1. The molecule has 1 N–H and O–H groups in total. The first-order valence-corrected chi connectivity index (χ1v) is 6.66. The number of thioether (sulfide) groups is 1. The molecular formula is C12H12N2O2S. The van der Waals surface area contributed by atoms with Gasteiger partial charge in [-0.3, -0.25) is 0 Å². The van der Waals surface area contributed by atoms with Crippen molar-refractivity contribution in [1.82, 2.24) is 4.98 Å². The van der Waals surface area contributed by atoms with E-state index in [2.05, 4.69) is 10.3 Å². The highest BCUT2D eigenvalue weighted by Gasteiger charge is 2.17. The topological polar surface area (TPSA) is 55.1 Å². The monoisotopic (exact) mass is 248 g/mol. The predicted molar refractivity (Wildman–Crippen MR) is 69.4 cm³/mol. The number of anilines is 1. The van der Waals surface area contributed by atoms with Gasteiger partial charge in [-0.15, -0.1) is 11.8 Å². The molecule has 88 valence electrons. The van der Waals surface area contributed by atoms with E-state index in [-0.39, 0.29) is 5.63 Å². The lowest BCUT2D eigenvalue weighted by atomic mass is 10.2. The van der Waals surface area contributed by atoms with Crippen LogP contribution < -0.4 is 10.9 Å². The summed E-state index contributed by atoms with van der Waals surface area (Å²) in [5.41, 5.74) is 0.343. The van der Waals surface area contributed by atoms with Crippen molar-refractivity contribution in [3.05, 3.63) is 34.7 Å². The molecule has 1 aliphatic heterocycles. The lowest BCUT2D eigenvalue weighted by molar-refractivity contribution is 0.514. The highest BCUT2D eigenvalue weighted by atomic mass is 32.2. The average molecular weight is 248 g/mol. The third-order valence-electron chi connectivity index (χ3n) is 2.75. The summed E-state index contributed by atoms with van der Waals surface area (Å²) in [6.07, 6.45) is 2.28. The van der Waals surface area contributed by atoms with Gasteiger partial charge in [0, 0.05) is 0 Å². The molecular weight excluding hydrogens is 236 g/mol. The Bertz CT molecular complexity index is 590. The molecule has 0 amide bonds. The Balaban J connectivity index is 1.97. The van der Waals surface area contributed by atoms with E-state index in [1.54, 1.807) is 12.1 Å². The Morgan fingerprint density at radius 3 is 3.12 bits per heavy atom. The molecule has 4 nitrogen and oxygen atoms in total. The molecule has 5 heteroatoms. The molecule has 0 spiro atoms. The van der Waals surface area contributed by atoms with Crippen molar-refractivity contribution < 1.29 is 4.42 Å². The third-order valence-corrected chi connectivity index (χ3v) is 4.03. The van der Waals surface area contributed by atoms with Gasteiger partial charge < -0.3 is 9.73 Å². The number of benzene rings is 1. The molecule has 0 saturated carbocycles. The molecule has 2 aromatic rings. The summed E-state index contributed by atoms with van der Waals surface area (Å²) >= 11 is 1.84. The van der Waals surface area contributed by atoms with Crippen LogP contribution in [0.2, 0.25) is 0 Å². The smallest absolute Gasteiger partial charge is 0.348 e. The van der Waals surface area contributed by atoms with Crippen LogP contribution >= 0.6 is 11.8 Å². The Kier molecular flexibility index (Phi) is 2.76. The highest BCUT2D eigenvalue weighted by molar-refractivity contribution is 8.00. The summed E-state index contributed by atoms with van der Waals surface area (Å²) in [4.78, 5) is 16.0. The van der Waals surface area contributed by atoms with Gasteiger partial charge in [0.1, 0.15) is 0 Å². The zero-order chi connectivity index (χ0) is 11.7. The number of fused-ring (bicyclic) bond motifs is 1. The largest absolute Gasteiger partial charge is 0.389 e. The van der Waals surface area contributed by atoms with E-state index >= 15 is 0 Å². The van der Waals surface area contributed by atoms with Crippen molar-refractivity contribution in [3.63, 3.8) is 0 Å². The van der Waals surface area contributed by atoms with Gasteiger partial charge in [0.05, 0.1) is 16.3 Å². The average Bonchev–Trinajstić information content (AvgIpc) is 2.82. The number of rotatable bonds is 2. The Labute approximate surface area is 102 Å². The molecule has 0 aliphatic carbocycles. The van der Waals surface area contributed by atoms with Gasteiger partial charge in [-0.2, -0.15) is 4.98 Å². The third kappa shape index (κ3) is 2.15. The van der Waals surface area contributed by atoms with Crippen molar-refractivity contribution in [3.8, 4) is 0 Å². The molecule has 17 heavy (non-hydrogen) atoms. The first-order valence-electron chi connectivity index (χ1n) is 5.61. The quantitative estimate of drug-likeness (QED) is 0.884. The van der Waals surface area contributed by atoms with Crippen molar-refractivity contribution in [2.24, 2.45) is 0 Å². The van der Waals surface area contributed by atoms with Gasteiger partial charge in [-0.25, -0.2) is 4.79 Å². The van der Waals surface area contributed by atoms with E-state index < -0.39 is 0 Å². The molecule has 3 rings (SSSR count). The van der Waals surface area contributed by atoms with Crippen molar-refractivity contribution in [2.45, 2.75) is 18.2 Å². The fraction of sp³-hybridized carbons (Fsp3) is 0.333. The van der Waals surface area contributed by atoms with Crippen LogP contribution in [0.4, 0.5) is 6.01 Å². The van der Waals surface area contributed by atoms with Gasteiger partial charge in [0.25, 0.3) is 6.01 Å². The predicted octanol–water partition coefficient (Wildman–Crippen LogP) is 2.45. The maximum absolute atomic E-state index is 11.7. The van der Waals surface area contributed by atoms with Crippen LogP contribution in [0.25, 0.3) is 10.9 Å². The second-order valence-corrected chi connectivity index (χ2v) is 5.28. The molecule has 1 aromatic carbocycles. The van der Waals surface area contributed by atoms with Gasteiger partial charge >= 0.3 is 5.63 Å². The van der Waals surface area contributed by atoms with Crippen molar-refractivity contribution in [2.75, 3.05) is 11.1 Å². The molecule has 1 aliphatic rings. The minimum Gasteiger partial charge on any atom is -0.389 e. The summed E-state index contributed by atoms with van der Waals surface area (Å²) in [7, 11) is 0. The molecule has 1 unspecified atom stereocenters. The number of aromatic nitrogens is 1. The summed E-state index contributed by atoms with van der Waals surface area (Å²) in [6.45, 7) is 0. The standard InChI is InChI=1S/C12H12N2O2S/c15-11-8-4-1-2-5-9(8)13-12(16-11)14-10-6-3-7-17-10/h1-2,4-5,10H,3,6-7H2,(H,13,14). The summed E-state index contributed by atoms with van der Waals surface area (Å²) in [5, 5.41) is 4.00. The Hall–Kier alpha value is -1.49. The van der Waals surface area contributed by atoms with Gasteiger partial charge in [-0.05, 0) is 30.7 Å². The zero-order valence-corrected chi connectivity index (χ0v) is 10.00. The van der Waals surface area contributed by atoms with Crippen LogP contribution in [0.1, 0.15) is 12.8 Å². The molecule has 0 radical (unpaired) electrons. The van der Waals surface area contributed by atoms with E-state index in [4.69, 9.17) is 4.42 Å². The van der Waals surface area contributed by atoms with Gasteiger partial charge in [0.15, 0.2) is 0 Å². The molecule has 1 saturated heterocycles. The van der Waals surface area contributed by atoms with E-state index in [9.17, 15) is 4.79 Å². The lowest BCUT2D eigenvalue weighted by Crippen LogP contribution is -2.14.